The summed E-state index contributed by atoms with van der Waals surface area (Å²) in [7, 11) is 0. The molecule has 29 heavy (non-hydrogen) atoms. The Bertz CT molecular complexity index is 934. The number of likely N-dealkylation sites (tertiary alicyclic amines) is 1. The molecular formula is C22H24N4O3. The number of carbonyl (C=O) groups is 1. The van der Waals surface area contributed by atoms with Gasteiger partial charge in [0.1, 0.15) is 5.75 Å². The minimum absolute atomic E-state index is 0.0390. The van der Waals surface area contributed by atoms with E-state index < -0.39 is 0 Å². The van der Waals surface area contributed by atoms with Crippen LogP contribution in [0.1, 0.15) is 30.1 Å². The second kappa shape index (κ2) is 8.87. The molecule has 4 rings (SSSR count). The first-order valence-electron chi connectivity index (χ1n) is 9.81. The van der Waals surface area contributed by atoms with E-state index in [1.807, 2.05) is 61.5 Å². The highest BCUT2D eigenvalue weighted by molar-refractivity contribution is 5.92. The molecule has 0 radical (unpaired) electrons. The number of amides is 1. The van der Waals surface area contributed by atoms with E-state index in [0.29, 0.717) is 31.3 Å². The quantitative estimate of drug-likeness (QED) is 0.635. The molecule has 0 bridgehead atoms. The van der Waals surface area contributed by atoms with E-state index in [0.717, 1.165) is 30.1 Å². The molecule has 1 N–H and O–H groups in total. The second-order valence-electron chi connectivity index (χ2n) is 7.11. The minimum Gasteiger partial charge on any atom is -0.494 e. The first-order chi connectivity index (χ1) is 14.2. The highest BCUT2D eigenvalue weighted by atomic mass is 16.5. The van der Waals surface area contributed by atoms with E-state index in [2.05, 4.69) is 20.4 Å². The van der Waals surface area contributed by atoms with Crippen LogP contribution in [0, 0.1) is 0 Å². The fourth-order valence-electron chi connectivity index (χ4n) is 3.34. The Labute approximate surface area is 169 Å². The van der Waals surface area contributed by atoms with Gasteiger partial charge in [-0.1, -0.05) is 35.5 Å². The molecule has 1 aromatic heterocycles. The van der Waals surface area contributed by atoms with Gasteiger partial charge < -0.3 is 14.6 Å². The third-order valence-corrected chi connectivity index (χ3v) is 4.81. The van der Waals surface area contributed by atoms with Gasteiger partial charge in [-0.15, -0.1) is 0 Å². The van der Waals surface area contributed by atoms with Crippen LogP contribution >= 0.6 is 0 Å². The lowest BCUT2D eigenvalue weighted by Gasteiger charge is -2.36. The number of aromatic nitrogens is 2. The zero-order valence-corrected chi connectivity index (χ0v) is 16.4. The third kappa shape index (κ3) is 5.00. The van der Waals surface area contributed by atoms with Crippen LogP contribution in [0.15, 0.2) is 59.1 Å². The largest absolute Gasteiger partial charge is 0.494 e. The summed E-state index contributed by atoms with van der Waals surface area (Å²) in [6.45, 7) is 4.38. The van der Waals surface area contributed by atoms with Crippen molar-refractivity contribution in [3.8, 4) is 5.75 Å². The van der Waals surface area contributed by atoms with Crippen molar-refractivity contribution in [3.63, 3.8) is 0 Å². The normalized spacial score (nSPS) is 14.4. The third-order valence-electron chi connectivity index (χ3n) is 4.81. The van der Waals surface area contributed by atoms with E-state index >= 15 is 0 Å². The predicted octanol–water partition coefficient (Wildman–Crippen LogP) is 3.10. The molecule has 1 aliphatic heterocycles. The van der Waals surface area contributed by atoms with Gasteiger partial charge in [0.2, 0.25) is 11.8 Å². The lowest BCUT2D eigenvalue weighted by Crippen LogP contribution is -2.48. The summed E-state index contributed by atoms with van der Waals surface area (Å²) in [6, 6.07) is 17.5. The summed E-state index contributed by atoms with van der Waals surface area (Å²) < 4.78 is 10.8. The average Bonchev–Trinajstić information content (AvgIpc) is 3.15. The van der Waals surface area contributed by atoms with E-state index in [9.17, 15) is 4.79 Å². The SMILES string of the molecule is CCOc1ccc(NC(=O)CN2CC(c3nc(Cc4ccccc4)no3)C2)cc1. The van der Waals surface area contributed by atoms with Crippen molar-refractivity contribution in [1.82, 2.24) is 15.0 Å². The van der Waals surface area contributed by atoms with E-state index in [1.165, 1.54) is 0 Å². The zero-order chi connectivity index (χ0) is 20.1. The molecule has 7 nitrogen and oxygen atoms in total. The fourth-order valence-corrected chi connectivity index (χ4v) is 3.34. The van der Waals surface area contributed by atoms with E-state index in [1.54, 1.807) is 0 Å². The Kier molecular flexibility index (Phi) is 5.86. The van der Waals surface area contributed by atoms with E-state index in [-0.39, 0.29) is 11.8 Å². The molecule has 2 heterocycles. The molecule has 2 aromatic carbocycles. The number of nitrogens with one attached hydrogen (secondary N) is 1. The van der Waals surface area contributed by atoms with Gasteiger partial charge in [-0.2, -0.15) is 4.98 Å². The van der Waals surface area contributed by atoms with Gasteiger partial charge in [0, 0.05) is 25.2 Å². The number of benzene rings is 2. The number of rotatable bonds is 8. The van der Waals surface area contributed by atoms with Crippen LogP contribution in [-0.2, 0) is 11.2 Å². The molecule has 1 saturated heterocycles. The molecule has 1 aliphatic rings. The van der Waals surface area contributed by atoms with Crippen LogP contribution in [0.5, 0.6) is 5.75 Å². The molecule has 0 atom stereocenters. The highest BCUT2D eigenvalue weighted by Gasteiger charge is 2.33. The van der Waals surface area contributed by atoms with Crippen molar-refractivity contribution >= 4 is 11.6 Å². The number of carbonyl (C=O) groups excluding carboxylic acids is 1. The Morgan fingerprint density at radius 2 is 1.93 bits per heavy atom. The van der Waals surface area contributed by atoms with Crippen molar-refractivity contribution < 1.29 is 14.1 Å². The predicted molar refractivity (Wildman–Crippen MR) is 109 cm³/mol. The number of hydrogen-bond donors (Lipinski definition) is 1. The summed E-state index contributed by atoms with van der Waals surface area (Å²) in [6.07, 6.45) is 0.658. The minimum atomic E-state index is -0.0390. The van der Waals surface area contributed by atoms with Crippen molar-refractivity contribution in [2.75, 3.05) is 31.6 Å². The molecule has 7 heteroatoms. The molecule has 0 aliphatic carbocycles. The van der Waals surface area contributed by atoms with Crippen LogP contribution in [0.25, 0.3) is 0 Å². The summed E-state index contributed by atoms with van der Waals surface area (Å²) in [5.74, 6) is 2.28. The molecular weight excluding hydrogens is 368 g/mol. The molecule has 1 fully saturated rings. The van der Waals surface area contributed by atoms with Gasteiger partial charge in [-0.05, 0) is 36.8 Å². The van der Waals surface area contributed by atoms with Crippen LogP contribution in [0.2, 0.25) is 0 Å². The maximum absolute atomic E-state index is 12.2. The Morgan fingerprint density at radius 1 is 1.17 bits per heavy atom. The maximum Gasteiger partial charge on any atom is 0.238 e. The van der Waals surface area contributed by atoms with Crippen molar-refractivity contribution in [2.45, 2.75) is 19.3 Å². The number of nitrogens with zero attached hydrogens (tertiary/aromatic N) is 3. The first-order valence-corrected chi connectivity index (χ1v) is 9.81. The summed E-state index contributed by atoms with van der Waals surface area (Å²) >= 11 is 0. The molecule has 150 valence electrons. The van der Waals surface area contributed by atoms with Crippen LogP contribution in [0.4, 0.5) is 5.69 Å². The summed E-state index contributed by atoms with van der Waals surface area (Å²) in [5.41, 5.74) is 1.92. The van der Waals surface area contributed by atoms with Gasteiger partial charge in [0.15, 0.2) is 5.82 Å². The van der Waals surface area contributed by atoms with Crippen molar-refractivity contribution in [1.29, 1.82) is 0 Å². The van der Waals surface area contributed by atoms with E-state index in [4.69, 9.17) is 9.26 Å². The van der Waals surface area contributed by atoms with Crippen LogP contribution in [0.3, 0.4) is 0 Å². The zero-order valence-electron chi connectivity index (χ0n) is 16.4. The lowest BCUT2D eigenvalue weighted by molar-refractivity contribution is -0.118. The number of anilines is 1. The Morgan fingerprint density at radius 3 is 2.66 bits per heavy atom. The van der Waals surface area contributed by atoms with Gasteiger partial charge in [0.05, 0.1) is 19.1 Å². The number of ether oxygens (including phenoxy) is 1. The van der Waals surface area contributed by atoms with Gasteiger partial charge in [0.25, 0.3) is 0 Å². The first kappa shape index (κ1) is 19.1. The smallest absolute Gasteiger partial charge is 0.238 e. The van der Waals surface area contributed by atoms with Gasteiger partial charge in [-0.25, -0.2) is 0 Å². The molecule has 1 amide bonds. The van der Waals surface area contributed by atoms with Crippen molar-refractivity contribution in [2.24, 2.45) is 0 Å². The van der Waals surface area contributed by atoms with Crippen LogP contribution < -0.4 is 10.1 Å². The monoisotopic (exact) mass is 392 g/mol. The topological polar surface area (TPSA) is 80.5 Å². The molecule has 3 aromatic rings. The average molecular weight is 392 g/mol. The highest BCUT2D eigenvalue weighted by Crippen LogP contribution is 2.26. The molecule has 0 saturated carbocycles. The van der Waals surface area contributed by atoms with Crippen LogP contribution in [-0.4, -0.2) is 47.2 Å². The fraction of sp³-hybridized carbons (Fsp3) is 0.318. The standard InChI is InChI=1S/C22H24N4O3/c1-2-28-19-10-8-18(9-11-19)23-21(27)15-26-13-17(14-26)22-24-20(25-29-22)12-16-6-4-3-5-7-16/h3-11,17H,2,12-15H2,1H3,(H,23,27). The Balaban J connectivity index is 1.22. The second-order valence-corrected chi connectivity index (χ2v) is 7.11. The summed E-state index contributed by atoms with van der Waals surface area (Å²) in [5, 5.41) is 6.99. The van der Waals surface area contributed by atoms with Gasteiger partial charge >= 0.3 is 0 Å². The van der Waals surface area contributed by atoms with Crippen molar-refractivity contribution in [3.05, 3.63) is 71.9 Å². The maximum atomic E-state index is 12.2. The van der Waals surface area contributed by atoms with Gasteiger partial charge in [-0.3, -0.25) is 9.69 Å². The Hall–Kier alpha value is -3.19. The summed E-state index contributed by atoms with van der Waals surface area (Å²) in [4.78, 5) is 18.8. The molecule has 0 unspecified atom stereocenters. The molecule has 0 spiro atoms. The number of hydrogen-bond acceptors (Lipinski definition) is 6. The lowest BCUT2D eigenvalue weighted by atomic mass is 10.0.